The highest BCUT2D eigenvalue weighted by molar-refractivity contribution is 7.92. The largest absolute Gasteiger partial charge is 0.369 e. The fraction of sp³-hybridized carbons (Fsp3) is 0.125. The Morgan fingerprint density at radius 1 is 1.28 bits per heavy atom. The van der Waals surface area contributed by atoms with E-state index in [1.54, 1.807) is 30.5 Å². The van der Waals surface area contributed by atoms with Crippen molar-refractivity contribution >= 4 is 44.0 Å². The van der Waals surface area contributed by atoms with Crippen LogP contribution in [0.15, 0.2) is 47.6 Å². The minimum Gasteiger partial charge on any atom is -0.369 e. The van der Waals surface area contributed by atoms with Gasteiger partial charge in [0.25, 0.3) is 10.0 Å². The fourth-order valence-corrected chi connectivity index (χ4v) is 3.53. The van der Waals surface area contributed by atoms with Crippen molar-refractivity contribution in [2.24, 2.45) is 0 Å². The molecular weight excluding hydrogens is 362 g/mol. The Labute approximate surface area is 149 Å². The van der Waals surface area contributed by atoms with Gasteiger partial charge < -0.3 is 10.3 Å². The van der Waals surface area contributed by atoms with Crippen LogP contribution in [0.1, 0.15) is 6.42 Å². The molecule has 25 heavy (non-hydrogen) atoms. The number of nitrogens with zero attached hydrogens (tertiary/aromatic N) is 2. The zero-order chi connectivity index (χ0) is 17.9. The summed E-state index contributed by atoms with van der Waals surface area (Å²) in [4.78, 5) is 7.05. The zero-order valence-corrected chi connectivity index (χ0v) is 14.5. The van der Waals surface area contributed by atoms with Crippen molar-refractivity contribution in [2.45, 2.75) is 11.3 Å². The van der Waals surface area contributed by atoms with Gasteiger partial charge in [0, 0.05) is 24.3 Å². The summed E-state index contributed by atoms with van der Waals surface area (Å²) in [5, 5.41) is 12.7. The fourth-order valence-electron chi connectivity index (χ4n) is 2.30. The lowest BCUT2D eigenvalue weighted by Crippen LogP contribution is -2.14. The summed E-state index contributed by atoms with van der Waals surface area (Å²) in [5.41, 5.74) is 1.01. The van der Waals surface area contributed by atoms with E-state index in [1.807, 2.05) is 6.07 Å². The Bertz CT molecular complexity index is 1040. The summed E-state index contributed by atoms with van der Waals surface area (Å²) in [6.07, 6.45) is 3.21. The quantitative estimate of drug-likeness (QED) is 0.572. The van der Waals surface area contributed by atoms with Gasteiger partial charge in [-0.2, -0.15) is 5.26 Å². The van der Waals surface area contributed by atoms with Gasteiger partial charge in [-0.15, -0.1) is 0 Å². The number of benzene rings is 1. The van der Waals surface area contributed by atoms with Crippen LogP contribution in [0.25, 0.3) is 10.9 Å². The van der Waals surface area contributed by atoms with Gasteiger partial charge in [-0.05, 0) is 18.2 Å². The molecule has 0 aliphatic carbocycles. The van der Waals surface area contributed by atoms with Crippen LogP contribution in [-0.2, 0) is 10.0 Å². The lowest BCUT2D eigenvalue weighted by Gasteiger charge is -2.10. The average molecular weight is 376 g/mol. The molecule has 1 aromatic carbocycles. The molecule has 0 bridgehead atoms. The maximum Gasteiger partial charge on any atom is 0.263 e. The number of pyridine rings is 1. The molecule has 2 aromatic heterocycles. The first-order valence-electron chi connectivity index (χ1n) is 7.36. The Morgan fingerprint density at radius 2 is 2.12 bits per heavy atom. The number of nitriles is 1. The normalized spacial score (nSPS) is 11.2. The van der Waals surface area contributed by atoms with Crippen LogP contribution >= 0.6 is 11.6 Å². The van der Waals surface area contributed by atoms with E-state index in [-0.39, 0.29) is 4.90 Å². The molecule has 0 radical (unpaired) electrons. The number of fused-ring (bicyclic) bond motifs is 1. The number of anilines is 2. The van der Waals surface area contributed by atoms with Crippen molar-refractivity contribution in [3.63, 3.8) is 0 Å². The molecule has 9 heteroatoms. The molecule has 128 valence electrons. The first-order chi connectivity index (χ1) is 12.0. The highest BCUT2D eigenvalue weighted by Crippen LogP contribution is 2.29. The van der Waals surface area contributed by atoms with Gasteiger partial charge in [-0.3, -0.25) is 4.72 Å². The number of halogens is 1. The van der Waals surface area contributed by atoms with Crippen molar-refractivity contribution in [1.29, 1.82) is 5.26 Å². The lowest BCUT2D eigenvalue weighted by atomic mass is 10.2. The van der Waals surface area contributed by atoms with E-state index in [0.29, 0.717) is 35.0 Å². The first kappa shape index (κ1) is 17.1. The maximum atomic E-state index is 12.6. The van der Waals surface area contributed by atoms with Crippen molar-refractivity contribution in [2.75, 3.05) is 16.6 Å². The lowest BCUT2D eigenvalue weighted by molar-refractivity contribution is 0.601. The van der Waals surface area contributed by atoms with Gasteiger partial charge in [0.15, 0.2) is 0 Å². The number of hydrogen-bond donors (Lipinski definition) is 3. The molecule has 0 unspecified atom stereocenters. The molecular formula is C16H14ClN5O2S. The van der Waals surface area contributed by atoms with Gasteiger partial charge in [0.05, 0.1) is 28.7 Å². The van der Waals surface area contributed by atoms with Crippen LogP contribution in [-0.4, -0.2) is 24.9 Å². The number of aromatic amines is 1. The third-order valence-electron chi connectivity index (χ3n) is 3.50. The van der Waals surface area contributed by atoms with Crippen molar-refractivity contribution in [3.8, 4) is 6.07 Å². The van der Waals surface area contributed by atoms with E-state index in [1.165, 1.54) is 12.3 Å². The Morgan fingerprint density at radius 3 is 2.84 bits per heavy atom. The van der Waals surface area contributed by atoms with Crippen molar-refractivity contribution < 1.29 is 8.42 Å². The topological polar surface area (TPSA) is 111 Å². The standard InChI is InChI=1S/C16H14ClN5O2S/c17-13-10-21-16-12(13)3-1-4-14(16)22-25(23,24)11-5-6-15(20-9-11)19-8-2-7-18/h1,3-6,9-10,21-22H,2,8H2,(H,19,20). The summed E-state index contributed by atoms with van der Waals surface area (Å²) in [6, 6.07) is 10.2. The molecule has 7 nitrogen and oxygen atoms in total. The van der Waals surface area contributed by atoms with E-state index < -0.39 is 10.0 Å². The Balaban J connectivity index is 1.83. The maximum absolute atomic E-state index is 12.6. The molecule has 0 saturated heterocycles. The average Bonchev–Trinajstić information content (AvgIpc) is 2.98. The molecule has 3 rings (SSSR count). The molecule has 0 spiro atoms. The van der Waals surface area contributed by atoms with Crippen LogP contribution in [0.3, 0.4) is 0 Å². The molecule has 0 atom stereocenters. The summed E-state index contributed by atoms with van der Waals surface area (Å²) < 4.78 is 27.7. The van der Waals surface area contributed by atoms with E-state index >= 15 is 0 Å². The number of nitrogens with one attached hydrogen (secondary N) is 3. The number of sulfonamides is 1. The summed E-state index contributed by atoms with van der Waals surface area (Å²) in [5.74, 6) is 0.507. The molecule has 0 saturated carbocycles. The smallest absolute Gasteiger partial charge is 0.263 e. The van der Waals surface area contributed by atoms with E-state index in [0.717, 1.165) is 5.39 Å². The van der Waals surface area contributed by atoms with Gasteiger partial charge in [-0.25, -0.2) is 13.4 Å². The Kier molecular flexibility index (Phi) is 4.79. The minimum absolute atomic E-state index is 0.0352. The second-order valence-corrected chi connectivity index (χ2v) is 7.27. The molecule has 0 fully saturated rings. The number of H-pyrrole nitrogens is 1. The number of hydrogen-bond acceptors (Lipinski definition) is 5. The molecule has 3 aromatic rings. The van der Waals surface area contributed by atoms with Gasteiger partial charge >= 0.3 is 0 Å². The predicted octanol–water partition coefficient (Wildman–Crippen LogP) is 3.34. The third kappa shape index (κ3) is 3.68. The second-order valence-electron chi connectivity index (χ2n) is 5.18. The SMILES string of the molecule is N#CCCNc1ccc(S(=O)(=O)Nc2cccc3c(Cl)c[nH]c23)cn1. The molecule has 0 amide bonds. The summed E-state index contributed by atoms with van der Waals surface area (Å²) in [6.45, 7) is 0.448. The number of aromatic nitrogens is 2. The van der Waals surface area contributed by atoms with E-state index in [4.69, 9.17) is 16.9 Å². The molecule has 3 N–H and O–H groups in total. The van der Waals surface area contributed by atoms with E-state index in [2.05, 4.69) is 20.0 Å². The minimum atomic E-state index is -3.79. The van der Waals surface area contributed by atoms with Gasteiger partial charge in [0.2, 0.25) is 0 Å². The van der Waals surface area contributed by atoms with Crippen molar-refractivity contribution in [3.05, 3.63) is 47.7 Å². The summed E-state index contributed by atoms with van der Waals surface area (Å²) in [7, 11) is -3.79. The van der Waals surface area contributed by atoms with Gasteiger partial charge in [-0.1, -0.05) is 23.7 Å². The number of rotatable bonds is 6. The van der Waals surface area contributed by atoms with Gasteiger partial charge in [0.1, 0.15) is 10.7 Å². The summed E-state index contributed by atoms with van der Waals surface area (Å²) >= 11 is 6.06. The monoisotopic (exact) mass is 375 g/mol. The molecule has 0 aliphatic rings. The van der Waals surface area contributed by atoms with E-state index in [9.17, 15) is 8.42 Å². The zero-order valence-electron chi connectivity index (χ0n) is 13.0. The third-order valence-corrected chi connectivity index (χ3v) is 5.16. The highest BCUT2D eigenvalue weighted by atomic mass is 35.5. The van der Waals surface area contributed by atoms with Crippen molar-refractivity contribution in [1.82, 2.24) is 9.97 Å². The van der Waals surface area contributed by atoms with Crippen LogP contribution in [0.4, 0.5) is 11.5 Å². The Hall–Kier alpha value is -2.76. The highest BCUT2D eigenvalue weighted by Gasteiger charge is 2.17. The van der Waals surface area contributed by atoms with Crippen LogP contribution in [0.5, 0.6) is 0 Å². The van der Waals surface area contributed by atoms with Crippen LogP contribution in [0.2, 0.25) is 5.02 Å². The van der Waals surface area contributed by atoms with Crippen LogP contribution in [0, 0.1) is 11.3 Å². The molecule has 2 heterocycles. The second kappa shape index (κ2) is 7.01. The molecule has 0 aliphatic heterocycles. The first-order valence-corrected chi connectivity index (χ1v) is 9.22. The van der Waals surface area contributed by atoms with Crippen LogP contribution < -0.4 is 10.0 Å². The predicted molar refractivity (Wildman–Crippen MR) is 97.1 cm³/mol. The number of para-hydroxylation sites is 1.